The number of ether oxygens (including phenoxy) is 2. The zero-order valence-electron chi connectivity index (χ0n) is 21.0. The smallest absolute Gasteiger partial charge is 0.300 e. The number of hydrogen-bond donors (Lipinski definition) is 1. The van der Waals surface area contributed by atoms with E-state index in [0.717, 1.165) is 36.8 Å². The van der Waals surface area contributed by atoms with Crippen molar-refractivity contribution in [1.82, 2.24) is 0 Å². The van der Waals surface area contributed by atoms with Gasteiger partial charge < -0.3 is 14.6 Å². The number of carbonyl (C=O) groups is 2. The quantitative estimate of drug-likeness (QED) is 0.271. The van der Waals surface area contributed by atoms with Crippen LogP contribution in [0.1, 0.15) is 66.5 Å². The molecule has 1 fully saturated rings. The fraction of sp³-hybridized carbons (Fsp3) is 0.290. The van der Waals surface area contributed by atoms with Gasteiger partial charge in [0.1, 0.15) is 5.76 Å². The van der Waals surface area contributed by atoms with E-state index in [2.05, 4.69) is 13.8 Å². The van der Waals surface area contributed by atoms with E-state index in [4.69, 9.17) is 9.47 Å². The van der Waals surface area contributed by atoms with Gasteiger partial charge in [-0.1, -0.05) is 50.2 Å². The second-order valence-electron chi connectivity index (χ2n) is 10.2. The molecule has 6 heteroatoms. The fourth-order valence-electron chi connectivity index (χ4n) is 5.55. The standard InChI is InChI=1S/C31H29NO5/c1-18(2)19-7-10-21(11-8-19)28-27(29(33)23-12-9-20-5-3-4-6-22(20)15-23)30(34)31(35)32(28)24-13-14-25-26(16-24)37-17-36-25/h7-16,18,28,33H,3-6,17H2,1-2H3/b29-27-. The number of fused-ring (bicyclic) bond motifs is 2. The summed E-state index contributed by atoms with van der Waals surface area (Å²) in [6, 6.07) is 18.2. The number of amides is 1. The van der Waals surface area contributed by atoms with Crippen LogP contribution >= 0.6 is 0 Å². The Hall–Kier alpha value is -4.06. The van der Waals surface area contributed by atoms with Crippen LogP contribution in [0.15, 0.2) is 66.2 Å². The molecule has 37 heavy (non-hydrogen) atoms. The molecule has 3 aromatic carbocycles. The lowest BCUT2D eigenvalue weighted by molar-refractivity contribution is -0.132. The molecule has 1 N–H and O–H groups in total. The van der Waals surface area contributed by atoms with Crippen molar-refractivity contribution in [2.75, 3.05) is 11.7 Å². The summed E-state index contributed by atoms with van der Waals surface area (Å²) in [5.74, 6) is -0.0879. The molecule has 1 atom stereocenters. The lowest BCUT2D eigenvalue weighted by Crippen LogP contribution is -2.29. The van der Waals surface area contributed by atoms with Gasteiger partial charge in [-0.25, -0.2) is 0 Å². The lowest BCUT2D eigenvalue weighted by Gasteiger charge is -2.26. The van der Waals surface area contributed by atoms with Gasteiger partial charge in [0.25, 0.3) is 11.7 Å². The summed E-state index contributed by atoms with van der Waals surface area (Å²) in [6.45, 7) is 4.34. The normalized spacial score (nSPS) is 20.0. The van der Waals surface area contributed by atoms with Crippen LogP contribution < -0.4 is 14.4 Å². The lowest BCUT2D eigenvalue weighted by atomic mass is 9.88. The molecule has 188 valence electrons. The number of carbonyl (C=O) groups excluding carboxylic acids is 2. The fourth-order valence-corrected chi connectivity index (χ4v) is 5.55. The highest BCUT2D eigenvalue weighted by atomic mass is 16.7. The molecular formula is C31H29NO5. The van der Waals surface area contributed by atoms with E-state index >= 15 is 0 Å². The molecule has 0 saturated carbocycles. The molecular weight excluding hydrogens is 466 g/mol. The monoisotopic (exact) mass is 495 g/mol. The van der Waals surface area contributed by atoms with Gasteiger partial charge in [0.05, 0.1) is 11.6 Å². The molecule has 2 aliphatic heterocycles. The third kappa shape index (κ3) is 3.97. The number of benzene rings is 3. The summed E-state index contributed by atoms with van der Waals surface area (Å²) in [5.41, 5.74) is 5.54. The number of aryl methyl sites for hydroxylation is 2. The van der Waals surface area contributed by atoms with Gasteiger partial charge >= 0.3 is 0 Å². The number of aliphatic hydroxyl groups excluding tert-OH is 1. The molecule has 1 saturated heterocycles. The number of Topliss-reactive ketones (excluding diaryl/α,β-unsaturated/α-hetero) is 1. The van der Waals surface area contributed by atoms with Gasteiger partial charge in [-0.05, 0) is 72.1 Å². The highest BCUT2D eigenvalue weighted by Crippen LogP contribution is 2.45. The Morgan fingerprint density at radius 2 is 1.62 bits per heavy atom. The van der Waals surface area contributed by atoms with Crippen molar-refractivity contribution in [3.63, 3.8) is 0 Å². The van der Waals surface area contributed by atoms with Crippen molar-refractivity contribution in [2.45, 2.75) is 51.5 Å². The molecule has 0 radical (unpaired) electrons. The van der Waals surface area contributed by atoms with Crippen LogP contribution in [-0.4, -0.2) is 23.6 Å². The summed E-state index contributed by atoms with van der Waals surface area (Å²) in [4.78, 5) is 28.5. The molecule has 0 spiro atoms. The topological polar surface area (TPSA) is 76.1 Å². The largest absolute Gasteiger partial charge is 0.507 e. The molecule has 0 bridgehead atoms. The van der Waals surface area contributed by atoms with Gasteiger partial charge in [0, 0.05) is 17.3 Å². The number of hydrogen-bond acceptors (Lipinski definition) is 5. The van der Waals surface area contributed by atoms with Gasteiger partial charge in [-0.15, -0.1) is 0 Å². The summed E-state index contributed by atoms with van der Waals surface area (Å²) in [7, 11) is 0. The van der Waals surface area contributed by atoms with Crippen molar-refractivity contribution in [3.8, 4) is 11.5 Å². The van der Waals surface area contributed by atoms with Crippen LogP contribution in [0, 0.1) is 0 Å². The van der Waals surface area contributed by atoms with E-state index in [1.807, 2.05) is 42.5 Å². The Balaban J connectivity index is 1.51. The van der Waals surface area contributed by atoms with E-state index in [0.29, 0.717) is 28.7 Å². The van der Waals surface area contributed by atoms with Crippen LogP contribution in [0.5, 0.6) is 11.5 Å². The number of rotatable bonds is 4. The average molecular weight is 496 g/mol. The molecule has 1 amide bonds. The minimum absolute atomic E-state index is 0.0933. The number of anilines is 1. The molecule has 3 aromatic rings. The minimum atomic E-state index is -0.780. The Kier molecular flexibility index (Phi) is 5.75. The van der Waals surface area contributed by atoms with Crippen molar-refractivity contribution < 1.29 is 24.2 Å². The first-order valence-electron chi connectivity index (χ1n) is 12.8. The van der Waals surface area contributed by atoms with Crippen molar-refractivity contribution in [1.29, 1.82) is 0 Å². The van der Waals surface area contributed by atoms with Crippen molar-refractivity contribution in [2.24, 2.45) is 0 Å². The number of nitrogens with zero attached hydrogens (tertiary/aromatic N) is 1. The second-order valence-corrected chi connectivity index (χ2v) is 10.2. The van der Waals surface area contributed by atoms with E-state index in [-0.39, 0.29) is 18.1 Å². The SMILES string of the molecule is CC(C)c1ccc(C2/C(=C(/O)c3ccc4c(c3)CCCC4)C(=O)C(=O)N2c2ccc3c(c2)OCO3)cc1. The maximum absolute atomic E-state index is 13.5. The predicted octanol–water partition coefficient (Wildman–Crippen LogP) is 6.04. The molecule has 3 aliphatic rings. The summed E-state index contributed by atoms with van der Waals surface area (Å²) in [5, 5.41) is 11.5. The van der Waals surface area contributed by atoms with E-state index < -0.39 is 17.7 Å². The van der Waals surface area contributed by atoms with Gasteiger partial charge in [-0.3, -0.25) is 14.5 Å². The summed E-state index contributed by atoms with van der Waals surface area (Å²) in [6.07, 6.45) is 4.23. The zero-order valence-corrected chi connectivity index (χ0v) is 21.0. The molecule has 0 aromatic heterocycles. The highest BCUT2D eigenvalue weighted by molar-refractivity contribution is 6.51. The van der Waals surface area contributed by atoms with Crippen LogP contribution in [0.4, 0.5) is 5.69 Å². The third-order valence-electron chi connectivity index (χ3n) is 7.62. The van der Waals surface area contributed by atoms with Crippen molar-refractivity contribution in [3.05, 3.63) is 94.1 Å². The maximum Gasteiger partial charge on any atom is 0.300 e. The first-order valence-corrected chi connectivity index (χ1v) is 12.8. The van der Waals surface area contributed by atoms with E-state index in [1.165, 1.54) is 16.0 Å². The van der Waals surface area contributed by atoms with Gasteiger partial charge in [-0.2, -0.15) is 0 Å². The number of aliphatic hydroxyl groups is 1. The third-order valence-corrected chi connectivity index (χ3v) is 7.62. The molecule has 1 aliphatic carbocycles. The predicted molar refractivity (Wildman–Crippen MR) is 141 cm³/mol. The summed E-state index contributed by atoms with van der Waals surface area (Å²) >= 11 is 0. The average Bonchev–Trinajstić information content (AvgIpc) is 3.49. The van der Waals surface area contributed by atoms with E-state index in [9.17, 15) is 14.7 Å². The molecule has 1 unspecified atom stereocenters. The Bertz CT molecular complexity index is 1440. The first-order chi connectivity index (χ1) is 17.9. The maximum atomic E-state index is 13.5. The van der Waals surface area contributed by atoms with Gasteiger partial charge in [0.2, 0.25) is 6.79 Å². The highest BCUT2D eigenvalue weighted by Gasteiger charge is 2.47. The van der Waals surface area contributed by atoms with Gasteiger partial charge in [0.15, 0.2) is 11.5 Å². The van der Waals surface area contributed by atoms with Crippen molar-refractivity contribution >= 4 is 23.1 Å². The van der Waals surface area contributed by atoms with Crippen LogP contribution in [-0.2, 0) is 22.4 Å². The molecule has 6 nitrogen and oxygen atoms in total. The van der Waals surface area contributed by atoms with E-state index in [1.54, 1.807) is 18.2 Å². The molecule has 6 rings (SSSR count). The Morgan fingerprint density at radius 3 is 2.38 bits per heavy atom. The summed E-state index contributed by atoms with van der Waals surface area (Å²) < 4.78 is 11.0. The molecule has 2 heterocycles. The van der Waals surface area contributed by atoms with Crippen LogP contribution in [0.3, 0.4) is 0 Å². The van der Waals surface area contributed by atoms with Crippen LogP contribution in [0.25, 0.3) is 5.76 Å². The van der Waals surface area contributed by atoms with Crippen LogP contribution in [0.2, 0.25) is 0 Å². The zero-order chi connectivity index (χ0) is 25.7. The Labute approximate surface area is 216 Å². The number of ketones is 1. The Morgan fingerprint density at radius 1 is 0.892 bits per heavy atom. The first kappa shape index (κ1) is 23.3. The second kappa shape index (κ2) is 9.11. The minimum Gasteiger partial charge on any atom is -0.507 e.